The van der Waals surface area contributed by atoms with Gasteiger partial charge in [-0.1, -0.05) is 0 Å². The first kappa shape index (κ1) is 10.8. The largest absolute Gasteiger partial charge is 0.261 e. The van der Waals surface area contributed by atoms with E-state index in [1.165, 1.54) is 23.9 Å². The molecule has 0 spiro atoms. The molecule has 1 rings (SSSR count). The van der Waals surface area contributed by atoms with Gasteiger partial charge in [-0.25, -0.2) is 12.8 Å². The van der Waals surface area contributed by atoms with Crippen molar-refractivity contribution >= 4 is 31.5 Å². The normalized spacial score (nSPS) is 11.6. The van der Waals surface area contributed by atoms with Gasteiger partial charge >= 0.3 is 0 Å². The van der Waals surface area contributed by atoms with Crippen molar-refractivity contribution in [2.75, 3.05) is 6.26 Å². The summed E-state index contributed by atoms with van der Waals surface area (Å²) in [6, 6.07) is 3.57. The van der Waals surface area contributed by atoms with Crippen LogP contribution in [-0.4, -0.2) is 14.7 Å². The summed E-state index contributed by atoms with van der Waals surface area (Å²) in [5.74, 6) is -0.575. The fraction of sp³-hybridized carbons (Fsp3) is 0.143. The van der Waals surface area contributed by atoms with Crippen LogP contribution in [0.25, 0.3) is 0 Å². The second kappa shape index (κ2) is 3.86. The molecule has 0 fully saturated rings. The van der Waals surface area contributed by atoms with Crippen LogP contribution in [0.5, 0.6) is 0 Å². The Labute approximate surface area is 84.5 Å². The average molecular weight is 241 g/mol. The van der Waals surface area contributed by atoms with Crippen LogP contribution in [-0.2, 0) is 9.05 Å². The fourth-order valence-electron chi connectivity index (χ4n) is 0.799. The van der Waals surface area contributed by atoms with E-state index >= 15 is 0 Å². The molecule has 0 aliphatic heterocycles. The van der Waals surface area contributed by atoms with Crippen molar-refractivity contribution in [1.82, 2.24) is 0 Å². The Balaban J connectivity index is 3.26. The molecule has 0 atom stereocenters. The summed E-state index contributed by atoms with van der Waals surface area (Å²) in [5.41, 5.74) is 0. The van der Waals surface area contributed by atoms with Crippen LogP contribution in [0.3, 0.4) is 0 Å². The Morgan fingerprint density at radius 1 is 1.46 bits per heavy atom. The Morgan fingerprint density at radius 3 is 2.46 bits per heavy atom. The van der Waals surface area contributed by atoms with Crippen LogP contribution in [0.1, 0.15) is 0 Å². The first-order valence-electron chi connectivity index (χ1n) is 3.23. The first-order chi connectivity index (χ1) is 5.95. The SMILES string of the molecule is CSc1ccc(S(=O)(=O)Cl)cc1F. The Kier molecular flexibility index (Phi) is 3.21. The molecule has 0 radical (unpaired) electrons. The fourth-order valence-corrected chi connectivity index (χ4v) is 2.02. The van der Waals surface area contributed by atoms with Crippen molar-refractivity contribution in [3.63, 3.8) is 0 Å². The first-order valence-corrected chi connectivity index (χ1v) is 6.77. The molecule has 72 valence electrons. The molecule has 0 aliphatic rings. The van der Waals surface area contributed by atoms with Gasteiger partial charge in [-0.05, 0) is 24.5 Å². The summed E-state index contributed by atoms with van der Waals surface area (Å²) >= 11 is 1.20. The van der Waals surface area contributed by atoms with Crippen molar-refractivity contribution in [1.29, 1.82) is 0 Å². The van der Waals surface area contributed by atoms with E-state index in [1.54, 1.807) is 6.26 Å². The molecule has 0 bridgehead atoms. The van der Waals surface area contributed by atoms with Crippen molar-refractivity contribution in [2.45, 2.75) is 9.79 Å². The van der Waals surface area contributed by atoms with Crippen molar-refractivity contribution in [3.05, 3.63) is 24.0 Å². The van der Waals surface area contributed by atoms with E-state index in [-0.39, 0.29) is 4.90 Å². The molecule has 0 saturated heterocycles. The lowest BCUT2D eigenvalue weighted by Crippen LogP contribution is -1.92. The van der Waals surface area contributed by atoms with E-state index in [2.05, 4.69) is 0 Å². The summed E-state index contributed by atoms with van der Waals surface area (Å²) in [4.78, 5) is 0.175. The molecule has 1 aromatic carbocycles. The van der Waals surface area contributed by atoms with Gasteiger partial charge in [-0.3, -0.25) is 0 Å². The van der Waals surface area contributed by atoms with E-state index < -0.39 is 14.9 Å². The van der Waals surface area contributed by atoms with Gasteiger partial charge in [-0.15, -0.1) is 11.8 Å². The van der Waals surface area contributed by atoms with Gasteiger partial charge < -0.3 is 0 Å². The minimum atomic E-state index is -3.83. The maximum Gasteiger partial charge on any atom is 0.261 e. The highest BCUT2D eigenvalue weighted by Gasteiger charge is 2.12. The zero-order valence-corrected chi connectivity index (χ0v) is 9.01. The predicted octanol–water partition coefficient (Wildman–Crippen LogP) is 2.48. The molecular weight excluding hydrogens is 235 g/mol. The molecule has 0 aliphatic carbocycles. The highest BCUT2D eigenvalue weighted by molar-refractivity contribution is 8.13. The molecule has 13 heavy (non-hydrogen) atoms. The van der Waals surface area contributed by atoms with Crippen LogP contribution in [0, 0.1) is 5.82 Å². The maximum atomic E-state index is 13.0. The molecule has 0 N–H and O–H groups in total. The summed E-state index contributed by atoms with van der Waals surface area (Å²) in [5, 5.41) is 0. The molecule has 2 nitrogen and oxygen atoms in total. The minimum absolute atomic E-state index is 0.218. The van der Waals surface area contributed by atoms with Crippen LogP contribution < -0.4 is 0 Å². The van der Waals surface area contributed by atoms with E-state index in [0.717, 1.165) is 6.07 Å². The van der Waals surface area contributed by atoms with E-state index in [4.69, 9.17) is 10.7 Å². The molecular formula is C7H6ClFO2S2. The molecule has 0 saturated carbocycles. The summed E-state index contributed by atoms with van der Waals surface area (Å²) in [7, 11) is 1.20. The van der Waals surface area contributed by atoms with Crippen LogP contribution >= 0.6 is 22.4 Å². The number of rotatable bonds is 2. The summed E-state index contributed by atoms with van der Waals surface area (Å²) in [6.07, 6.45) is 1.70. The zero-order chi connectivity index (χ0) is 10.1. The lowest BCUT2D eigenvalue weighted by atomic mass is 10.3. The molecule has 6 heteroatoms. The van der Waals surface area contributed by atoms with Gasteiger partial charge in [0.15, 0.2) is 0 Å². The lowest BCUT2D eigenvalue weighted by molar-refractivity contribution is 0.589. The van der Waals surface area contributed by atoms with Gasteiger partial charge in [0, 0.05) is 15.6 Å². The standard InChI is InChI=1S/C7H6ClFO2S2/c1-12-7-3-2-5(4-6(7)9)13(8,10)11/h2-4H,1H3. The Morgan fingerprint density at radius 2 is 2.08 bits per heavy atom. The van der Waals surface area contributed by atoms with Gasteiger partial charge in [0.25, 0.3) is 9.05 Å². The molecule has 1 aromatic rings. The highest BCUT2D eigenvalue weighted by atomic mass is 35.7. The monoisotopic (exact) mass is 240 g/mol. The van der Waals surface area contributed by atoms with E-state index in [1.807, 2.05) is 0 Å². The van der Waals surface area contributed by atoms with Gasteiger partial charge in [0.2, 0.25) is 0 Å². The third kappa shape index (κ3) is 2.59. The van der Waals surface area contributed by atoms with Crippen molar-refractivity contribution in [3.8, 4) is 0 Å². The second-order valence-electron chi connectivity index (χ2n) is 2.23. The predicted molar refractivity (Wildman–Crippen MR) is 51.2 cm³/mol. The Bertz CT molecular complexity index is 417. The van der Waals surface area contributed by atoms with Crippen LogP contribution in [0.15, 0.2) is 28.0 Å². The van der Waals surface area contributed by atoms with Crippen molar-refractivity contribution in [2.24, 2.45) is 0 Å². The summed E-state index contributed by atoms with van der Waals surface area (Å²) < 4.78 is 34.6. The third-order valence-corrected chi connectivity index (χ3v) is 3.53. The van der Waals surface area contributed by atoms with Crippen LogP contribution in [0.4, 0.5) is 4.39 Å². The number of thioether (sulfide) groups is 1. The summed E-state index contributed by atoms with van der Waals surface area (Å²) in [6.45, 7) is 0. The van der Waals surface area contributed by atoms with Crippen molar-refractivity contribution < 1.29 is 12.8 Å². The molecule has 0 heterocycles. The topological polar surface area (TPSA) is 34.1 Å². The van der Waals surface area contributed by atoms with Crippen LogP contribution in [0.2, 0.25) is 0 Å². The zero-order valence-electron chi connectivity index (χ0n) is 6.62. The van der Waals surface area contributed by atoms with Gasteiger partial charge in [-0.2, -0.15) is 0 Å². The number of hydrogen-bond acceptors (Lipinski definition) is 3. The number of hydrogen-bond donors (Lipinski definition) is 0. The molecule has 0 aromatic heterocycles. The Hall–Kier alpha value is -0.260. The minimum Gasteiger partial charge on any atom is -0.207 e. The third-order valence-electron chi connectivity index (χ3n) is 1.40. The quantitative estimate of drug-likeness (QED) is 0.588. The van der Waals surface area contributed by atoms with Gasteiger partial charge in [0.1, 0.15) is 5.82 Å². The second-order valence-corrected chi connectivity index (χ2v) is 5.65. The van der Waals surface area contributed by atoms with Gasteiger partial charge in [0.05, 0.1) is 4.90 Å². The molecule has 0 unspecified atom stereocenters. The lowest BCUT2D eigenvalue weighted by Gasteiger charge is -2.00. The van der Waals surface area contributed by atoms with E-state index in [9.17, 15) is 12.8 Å². The number of halogens is 2. The highest BCUT2D eigenvalue weighted by Crippen LogP contribution is 2.23. The maximum absolute atomic E-state index is 13.0. The number of benzene rings is 1. The van der Waals surface area contributed by atoms with E-state index in [0.29, 0.717) is 4.90 Å². The average Bonchev–Trinajstić information content (AvgIpc) is 2.02. The smallest absolute Gasteiger partial charge is 0.207 e. The molecule has 0 amide bonds.